The number of rotatable bonds is 6. The summed E-state index contributed by atoms with van der Waals surface area (Å²) >= 11 is 0. The minimum Gasteiger partial charge on any atom is -0.484 e. The van der Waals surface area contributed by atoms with Crippen molar-refractivity contribution in [2.24, 2.45) is 7.05 Å². The third kappa shape index (κ3) is 4.32. The number of aromatic nitrogens is 2. The van der Waals surface area contributed by atoms with Gasteiger partial charge in [0.25, 0.3) is 5.91 Å². The van der Waals surface area contributed by atoms with Crippen LogP contribution in [0.1, 0.15) is 17.2 Å². The number of hydrogen-bond acceptors (Lipinski definition) is 4. The van der Waals surface area contributed by atoms with Crippen molar-refractivity contribution in [2.75, 3.05) is 13.2 Å². The van der Waals surface area contributed by atoms with Crippen LogP contribution in [0.3, 0.4) is 0 Å². The van der Waals surface area contributed by atoms with E-state index in [0.29, 0.717) is 5.75 Å². The summed E-state index contributed by atoms with van der Waals surface area (Å²) in [4.78, 5) is 11.9. The van der Waals surface area contributed by atoms with Gasteiger partial charge in [0.1, 0.15) is 5.75 Å². The Labute approximate surface area is 123 Å². The molecule has 1 atom stereocenters. The van der Waals surface area contributed by atoms with Gasteiger partial charge in [-0.25, -0.2) is 0 Å². The number of aryl methyl sites for hydroxylation is 2. The normalized spacial score (nSPS) is 12.0. The van der Waals surface area contributed by atoms with Crippen LogP contribution in [-0.4, -0.2) is 34.0 Å². The molecule has 0 fully saturated rings. The van der Waals surface area contributed by atoms with Crippen molar-refractivity contribution >= 4 is 5.91 Å². The van der Waals surface area contributed by atoms with Gasteiger partial charge >= 0.3 is 0 Å². The third-order valence-electron chi connectivity index (χ3n) is 3.00. The lowest BCUT2D eigenvalue weighted by atomic mass is 10.2. The lowest BCUT2D eigenvalue weighted by Crippen LogP contribution is -2.34. The number of carbonyl (C=O) groups is 1. The van der Waals surface area contributed by atoms with Gasteiger partial charge in [-0.15, -0.1) is 0 Å². The summed E-state index contributed by atoms with van der Waals surface area (Å²) in [6, 6.07) is 7.00. The molecule has 112 valence electrons. The van der Waals surface area contributed by atoms with Gasteiger partial charge in [0.05, 0.1) is 18.8 Å². The van der Waals surface area contributed by atoms with E-state index in [2.05, 4.69) is 10.4 Å². The summed E-state index contributed by atoms with van der Waals surface area (Å²) in [5.74, 6) is 0.353. The molecule has 1 heterocycles. The van der Waals surface area contributed by atoms with Gasteiger partial charge in [0.15, 0.2) is 6.61 Å². The second kappa shape index (κ2) is 6.90. The van der Waals surface area contributed by atoms with Crippen LogP contribution >= 0.6 is 0 Å². The molecule has 0 spiro atoms. The Morgan fingerprint density at radius 1 is 1.52 bits per heavy atom. The molecule has 1 unspecified atom stereocenters. The van der Waals surface area contributed by atoms with Crippen molar-refractivity contribution in [1.82, 2.24) is 15.1 Å². The number of aliphatic hydroxyl groups is 1. The number of nitrogens with one attached hydrogen (secondary N) is 1. The van der Waals surface area contributed by atoms with Crippen molar-refractivity contribution < 1.29 is 14.6 Å². The molecule has 0 bridgehead atoms. The second-order valence-corrected chi connectivity index (χ2v) is 4.86. The molecule has 1 amide bonds. The summed E-state index contributed by atoms with van der Waals surface area (Å²) in [5.41, 5.74) is 1.82. The highest BCUT2D eigenvalue weighted by Crippen LogP contribution is 2.13. The van der Waals surface area contributed by atoms with Gasteiger partial charge in [0, 0.05) is 18.8 Å². The van der Waals surface area contributed by atoms with Gasteiger partial charge in [-0.1, -0.05) is 12.1 Å². The molecule has 1 aromatic carbocycles. The maximum Gasteiger partial charge on any atom is 0.258 e. The molecule has 2 N–H and O–H groups in total. The summed E-state index contributed by atoms with van der Waals surface area (Å²) in [6.07, 6.45) is 3.37. The van der Waals surface area contributed by atoms with Gasteiger partial charge < -0.3 is 15.2 Å². The van der Waals surface area contributed by atoms with E-state index < -0.39 is 6.04 Å². The maximum absolute atomic E-state index is 11.9. The highest BCUT2D eigenvalue weighted by atomic mass is 16.5. The first-order valence-electron chi connectivity index (χ1n) is 6.66. The number of amides is 1. The number of benzene rings is 1. The van der Waals surface area contributed by atoms with E-state index >= 15 is 0 Å². The molecule has 0 aliphatic heterocycles. The van der Waals surface area contributed by atoms with E-state index in [4.69, 9.17) is 4.74 Å². The van der Waals surface area contributed by atoms with Crippen LogP contribution in [-0.2, 0) is 11.8 Å². The topological polar surface area (TPSA) is 76.4 Å². The van der Waals surface area contributed by atoms with Crippen molar-refractivity contribution in [1.29, 1.82) is 0 Å². The number of hydrogen-bond donors (Lipinski definition) is 2. The zero-order valence-electron chi connectivity index (χ0n) is 12.1. The zero-order valence-corrected chi connectivity index (χ0v) is 12.1. The van der Waals surface area contributed by atoms with Crippen molar-refractivity contribution in [3.05, 3.63) is 47.8 Å². The highest BCUT2D eigenvalue weighted by molar-refractivity contribution is 5.78. The average Bonchev–Trinajstić information content (AvgIpc) is 2.89. The van der Waals surface area contributed by atoms with Crippen LogP contribution < -0.4 is 10.1 Å². The molecule has 0 aliphatic rings. The molecular weight excluding hydrogens is 270 g/mol. The third-order valence-corrected chi connectivity index (χ3v) is 3.00. The van der Waals surface area contributed by atoms with E-state index in [1.54, 1.807) is 30.2 Å². The Balaban J connectivity index is 1.88. The SMILES string of the molecule is Cc1cccc(OCC(=O)NC(CO)c2cnn(C)c2)c1. The Bertz CT molecular complexity index is 610. The van der Waals surface area contributed by atoms with Crippen LogP contribution in [0.4, 0.5) is 0 Å². The number of nitrogens with zero attached hydrogens (tertiary/aromatic N) is 2. The number of ether oxygens (including phenoxy) is 1. The first kappa shape index (κ1) is 15.1. The predicted molar refractivity (Wildman–Crippen MR) is 77.9 cm³/mol. The molecule has 1 aromatic heterocycles. The first-order chi connectivity index (χ1) is 10.1. The molecule has 0 aliphatic carbocycles. The molecule has 6 heteroatoms. The summed E-state index contributed by atoms with van der Waals surface area (Å²) in [7, 11) is 1.78. The van der Waals surface area contributed by atoms with Gasteiger partial charge in [-0.05, 0) is 24.6 Å². The van der Waals surface area contributed by atoms with Gasteiger partial charge in [0.2, 0.25) is 0 Å². The molecule has 2 aromatic rings. The van der Waals surface area contributed by atoms with Crippen LogP contribution in [0, 0.1) is 6.92 Å². The second-order valence-electron chi connectivity index (χ2n) is 4.86. The Hall–Kier alpha value is -2.34. The standard InChI is InChI=1S/C15H19N3O3/c1-11-4-3-5-13(6-11)21-10-15(20)17-14(9-19)12-7-16-18(2)8-12/h3-8,14,19H,9-10H2,1-2H3,(H,17,20). The van der Waals surface area contributed by atoms with Crippen LogP contribution in [0.25, 0.3) is 0 Å². The van der Waals surface area contributed by atoms with Crippen LogP contribution in [0.2, 0.25) is 0 Å². The molecule has 0 saturated carbocycles. The van der Waals surface area contributed by atoms with E-state index in [0.717, 1.165) is 11.1 Å². The fourth-order valence-corrected chi connectivity index (χ4v) is 1.94. The Morgan fingerprint density at radius 2 is 2.33 bits per heavy atom. The van der Waals surface area contributed by atoms with Crippen LogP contribution in [0.5, 0.6) is 5.75 Å². The first-order valence-corrected chi connectivity index (χ1v) is 6.66. The number of carbonyl (C=O) groups excluding carboxylic acids is 1. The quantitative estimate of drug-likeness (QED) is 0.830. The molecular formula is C15H19N3O3. The maximum atomic E-state index is 11.9. The van der Waals surface area contributed by atoms with E-state index in [1.807, 2.05) is 25.1 Å². The fraction of sp³-hybridized carbons (Fsp3) is 0.333. The monoisotopic (exact) mass is 289 g/mol. The minimum atomic E-state index is -0.479. The van der Waals surface area contributed by atoms with E-state index in [-0.39, 0.29) is 19.1 Å². The molecule has 0 radical (unpaired) electrons. The summed E-state index contributed by atoms with van der Waals surface area (Å²) < 4.78 is 7.04. The number of aliphatic hydroxyl groups excluding tert-OH is 1. The lowest BCUT2D eigenvalue weighted by molar-refractivity contribution is -0.124. The van der Waals surface area contributed by atoms with E-state index in [1.165, 1.54) is 0 Å². The average molecular weight is 289 g/mol. The molecule has 21 heavy (non-hydrogen) atoms. The Kier molecular flexibility index (Phi) is 4.94. The van der Waals surface area contributed by atoms with Gasteiger partial charge in [-0.3, -0.25) is 9.48 Å². The van der Waals surface area contributed by atoms with E-state index in [9.17, 15) is 9.90 Å². The van der Waals surface area contributed by atoms with Crippen molar-refractivity contribution in [3.63, 3.8) is 0 Å². The predicted octanol–water partition coefficient (Wildman–Crippen LogP) is 0.957. The van der Waals surface area contributed by atoms with Crippen LogP contribution in [0.15, 0.2) is 36.7 Å². The Morgan fingerprint density at radius 3 is 2.95 bits per heavy atom. The molecule has 2 rings (SSSR count). The lowest BCUT2D eigenvalue weighted by Gasteiger charge is -2.15. The highest BCUT2D eigenvalue weighted by Gasteiger charge is 2.15. The minimum absolute atomic E-state index is 0.0970. The fourth-order valence-electron chi connectivity index (χ4n) is 1.94. The zero-order chi connectivity index (χ0) is 15.2. The van der Waals surface area contributed by atoms with Gasteiger partial charge in [-0.2, -0.15) is 5.10 Å². The summed E-state index contributed by atoms with van der Waals surface area (Å²) in [6.45, 7) is 1.67. The van der Waals surface area contributed by atoms with Crippen molar-refractivity contribution in [3.8, 4) is 5.75 Å². The van der Waals surface area contributed by atoms with Crippen molar-refractivity contribution in [2.45, 2.75) is 13.0 Å². The molecule has 6 nitrogen and oxygen atoms in total. The largest absolute Gasteiger partial charge is 0.484 e. The summed E-state index contributed by atoms with van der Waals surface area (Å²) in [5, 5.41) is 16.1. The molecule has 0 saturated heterocycles. The smallest absolute Gasteiger partial charge is 0.258 e.